The van der Waals surface area contributed by atoms with Gasteiger partial charge in [0.2, 0.25) is 0 Å². The summed E-state index contributed by atoms with van der Waals surface area (Å²) in [7, 11) is 0. The van der Waals surface area contributed by atoms with Gasteiger partial charge in [-0.2, -0.15) is 0 Å². The molecule has 0 atom stereocenters. The molecule has 0 aliphatic rings. The second-order valence-corrected chi connectivity index (χ2v) is 15.4. The maximum absolute atomic E-state index is 4.77. The average molecular weight is 699 g/mol. The van der Waals surface area contributed by atoms with Crippen LogP contribution in [-0.4, -0.2) is 19.1 Å². The topological polar surface area (TPSA) is 35.6 Å². The quantitative estimate of drug-likeness (QED) is 0.184. The van der Waals surface area contributed by atoms with E-state index >= 15 is 0 Å². The lowest BCUT2D eigenvalue weighted by Gasteiger charge is -2.11. The van der Waals surface area contributed by atoms with Crippen LogP contribution in [0.15, 0.2) is 158 Å². The van der Waals surface area contributed by atoms with E-state index in [9.17, 15) is 0 Å². The number of fused-ring (bicyclic) bond motifs is 12. The fourth-order valence-corrected chi connectivity index (χ4v) is 10.9. The molecule has 0 spiro atoms. The molecule has 52 heavy (non-hydrogen) atoms. The van der Waals surface area contributed by atoms with Crippen LogP contribution in [0.4, 0.5) is 0 Å². The highest BCUT2D eigenvalue weighted by Gasteiger charge is 2.23. The first-order valence-corrected chi connectivity index (χ1v) is 19.0. The van der Waals surface area contributed by atoms with E-state index in [1.54, 1.807) is 0 Å². The maximum atomic E-state index is 4.77. The van der Waals surface area contributed by atoms with Gasteiger partial charge in [0.1, 0.15) is 0 Å². The summed E-state index contributed by atoms with van der Waals surface area (Å²) in [5.41, 5.74) is 11.7. The number of para-hydroxylation sites is 2. The number of thiophene rings is 2. The van der Waals surface area contributed by atoms with Crippen molar-refractivity contribution < 1.29 is 0 Å². The summed E-state index contributed by atoms with van der Waals surface area (Å²) in [5.74, 6) is 0. The van der Waals surface area contributed by atoms with Crippen molar-refractivity contribution >= 4 is 107 Å². The molecule has 0 saturated heterocycles. The molecular formula is C46H26N4S2. The fraction of sp³-hybridized carbons (Fsp3) is 0. The number of hydrogen-bond donors (Lipinski definition) is 0. The Labute approximate surface area is 305 Å². The standard InChI is InChI=1S/C46H26N4S2/c1-3-17-33-29(11-1)41-27(13-5-19-35(41)49(33)37-21-7-15-31-43-39(51-45(31)37)23-9-25-47-43)28-14-6-20-36-42(28)30-12-2-4-18-34(30)50(36)38-22-8-16-32-44-40(52-46(32)38)24-10-26-48-44/h1-26H. The molecule has 6 aromatic carbocycles. The van der Waals surface area contributed by atoms with Gasteiger partial charge < -0.3 is 9.13 Å². The zero-order chi connectivity index (χ0) is 33.9. The van der Waals surface area contributed by atoms with Gasteiger partial charge in [0.25, 0.3) is 0 Å². The largest absolute Gasteiger partial charge is 0.308 e. The van der Waals surface area contributed by atoms with Crippen molar-refractivity contribution in [2.24, 2.45) is 0 Å². The van der Waals surface area contributed by atoms with Crippen molar-refractivity contribution in [2.75, 3.05) is 0 Å². The Morgan fingerprint density at radius 3 is 1.29 bits per heavy atom. The molecule has 0 N–H and O–H groups in total. The van der Waals surface area contributed by atoms with Gasteiger partial charge in [-0.1, -0.05) is 84.9 Å². The van der Waals surface area contributed by atoms with E-state index < -0.39 is 0 Å². The summed E-state index contributed by atoms with van der Waals surface area (Å²) in [6, 6.07) is 53.0. The molecule has 6 heteroatoms. The van der Waals surface area contributed by atoms with Gasteiger partial charge in [-0.05, 0) is 71.8 Å². The van der Waals surface area contributed by atoms with Crippen LogP contribution in [0, 0.1) is 0 Å². The lowest BCUT2D eigenvalue weighted by atomic mass is 9.95. The van der Waals surface area contributed by atoms with Crippen molar-refractivity contribution in [3.8, 4) is 22.5 Å². The van der Waals surface area contributed by atoms with E-state index in [4.69, 9.17) is 9.97 Å². The Kier molecular flexibility index (Phi) is 5.78. The van der Waals surface area contributed by atoms with Gasteiger partial charge in [-0.25, -0.2) is 0 Å². The van der Waals surface area contributed by atoms with Gasteiger partial charge in [0.15, 0.2) is 0 Å². The molecule has 4 nitrogen and oxygen atoms in total. The van der Waals surface area contributed by atoms with Gasteiger partial charge in [-0.15, -0.1) is 22.7 Å². The Morgan fingerprint density at radius 1 is 0.365 bits per heavy atom. The third-order valence-electron chi connectivity index (χ3n) is 10.6. The highest BCUT2D eigenvalue weighted by atomic mass is 32.1. The van der Waals surface area contributed by atoms with Crippen LogP contribution in [0.5, 0.6) is 0 Å². The molecule has 12 aromatic rings. The van der Waals surface area contributed by atoms with Crippen LogP contribution in [0.3, 0.4) is 0 Å². The van der Waals surface area contributed by atoms with Crippen molar-refractivity contribution in [3.05, 3.63) is 158 Å². The first-order valence-electron chi connectivity index (χ1n) is 17.4. The van der Waals surface area contributed by atoms with Gasteiger partial charge in [0.05, 0.1) is 63.3 Å². The Bertz CT molecular complexity index is 3200. The first-order chi connectivity index (χ1) is 25.8. The number of hydrogen-bond acceptors (Lipinski definition) is 4. The van der Waals surface area contributed by atoms with Crippen LogP contribution < -0.4 is 0 Å². The summed E-state index contributed by atoms with van der Waals surface area (Å²) in [5, 5.41) is 7.40. The normalized spacial score (nSPS) is 12.2. The molecule has 242 valence electrons. The van der Waals surface area contributed by atoms with E-state index in [1.165, 1.54) is 95.7 Å². The van der Waals surface area contributed by atoms with Crippen molar-refractivity contribution in [1.82, 2.24) is 19.1 Å². The molecule has 12 rings (SSSR count). The van der Waals surface area contributed by atoms with Gasteiger partial charge in [-0.3, -0.25) is 9.97 Å². The monoisotopic (exact) mass is 698 g/mol. The Hall–Kier alpha value is -6.34. The number of rotatable bonds is 3. The smallest absolute Gasteiger partial charge is 0.0889 e. The van der Waals surface area contributed by atoms with Crippen molar-refractivity contribution in [3.63, 3.8) is 0 Å². The Morgan fingerprint density at radius 2 is 0.788 bits per heavy atom. The van der Waals surface area contributed by atoms with E-state index in [0.29, 0.717) is 0 Å². The number of benzene rings is 6. The predicted octanol–water partition coefficient (Wildman–Crippen LogP) is 13.1. The highest BCUT2D eigenvalue weighted by Crippen LogP contribution is 2.46. The summed E-state index contributed by atoms with van der Waals surface area (Å²) >= 11 is 3.64. The third-order valence-corrected chi connectivity index (χ3v) is 13.0. The molecule has 0 aliphatic carbocycles. The fourth-order valence-electron chi connectivity index (χ4n) is 8.57. The first kappa shape index (κ1) is 28.4. The lowest BCUT2D eigenvalue weighted by molar-refractivity contribution is 1.20. The van der Waals surface area contributed by atoms with Crippen molar-refractivity contribution in [1.29, 1.82) is 0 Å². The minimum absolute atomic E-state index is 1.07. The molecule has 0 aliphatic heterocycles. The zero-order valence-corrected chi connectivity index (χ0v) is 29.2. The SMILES string of the molecule is c1cnc2c(c1)sc1c(-n3c4ccccc4c4c(-c5cccc6c5c5ccccc5n6-c5cccc6c5sc5cccnc56)cccc43)cccc12. The third kappa shape index (κ3) is 3.74. The minimum atomic E-state index is 1.07. The summed E-state index contributed by atoms with van der Waals surface area (Å²) in [6.07, 6.45) is 3.79. The van der Waals surface area contributed by atoms with Crippen LogP contribution >= 0.6 is 22.7 Å². The summed E-state index contributed by atoms with van der Waals surface area (Å²) < 4.78 is 9.84. The second-order valence-electron chi connectivity index (χ2n) is 13.3. The average Bonchev–Trinajstić information content (AvgIpc) is 3.95. The van der Waals surface area contributed by atoms with E-state index in [-0.39, 0.29) is 0 Å². The van der Waals surface area contributed by atoms with Crippen LogP contribution in [-0.2, 0) is 0 Å². The molecule has 0 fully saturated rings. The molecule has 6 heterocycles. The molecule has 6 aromatic heterocycles. The molecule has 0 bridgehead atoms. The highest BCUT2D eigenvalue weighted by molar-refractivity contribution is 7.26. The number of pyridine rings is 2. The van der Waals surface area contributed by atoms with Crippen molar-refractivity contribution in [2.45, 2.75) is 0 Å². The van der Waals surface area contributed by atoms with E-state index in [2.05, 4.69) is 143 Å². The van der Waals surface area contributed by atoms with Gasteiger partial charge in [0, 0.05) is 44.7 Å². The number of nitrogens with zero attached hydrogens (tertiary/aromatic N) is 4. The van der Waals surface area contributed by atoms with Crippen LogP contribution in [0.1, 0.15) is 0 Å². The zero-order valence-electron chi connectivity index (χ0n) is 27.6. The summed E-state index contributed by atoms with van der Waals surface area (Å²) in [6.45, 7) is 0. The molecule has 0 amide bonds. The second kappa shape index (κ2) is 10.6. The maximum Gasteiger partial charge on any atom is 0.0889 e. The predicted molar refractivity (Wildman–Crippen MR) is 222 cm³/mol. The van der Waals surface area contributed by atoms with Crippen LogP contribution in [0.2, 0.25) is 0 Å². The number of aromatic nitrogens is 4. The molecule has 0 unspecified atom stereocenters. The van der Waals surface area contributed by atoms with E-state index in [0.717, 1.165) is 11.0 Å². The Balaban J connectivity index is 1.18. The lowest BCUT2D eigenvalue weighted by Crippen LogP contribution is -1.94. The van der Waals surface area contributed by atoms with E-state index in [1.807, 2.05) is 47.2 Å². The summed E-state index contributed by atoms with van der Waals surface area (Å²) in [4.78, 5) is 9.54. The molecule has 0 saturated carbocycles. The van der Waals surface area contributed by atoms with Crippen LogP contribution in [0.25, 0.3) is 107 Å². The van der Waals surface area contributed by atoms with Gasteiger partial charge >= 0.3 is 0 Å². The minimum Gasteiger partial charge on any atom is -0.308 e. The molecule has 0 radical (unpaired) electrons. The molecular weight excluding hydrogens is 673 g/mol.